The molecule has 0 bridgehead atoms. The Hall–Kier alpha value is -1.66. The van der Waals surface area contributed by atoms with Crippen LogP contribution in [0.15, 0.2) is 12.1 Å². The third-order valence-corrected chi connectivity index (χ3v) is 4.28. The predicted octanol–water partition coefficient (Wildman–Crippen LogP) is 1.93. The summed E-state index contributed by atoms with van der Waals surface area (Å²) in [7, 11) is 5.22. The van der Waals surface area contributed by atoms with Crippen LogP contribution >= 0.6 is 11.6 Å². The number of anilines is 1. The topological polar surface area (TPSA) is 54.0 Å². The standard InChI is InChI=1S/C16H24ClN3O3/c1-19-6-8-20(9-7-19)16(21)4-5-18-13-11-14(22-2)12(17)10-15(13)23-3/h10-11,18H,4-9H2,1-3H3. The van der Waals surface area contributed by atoms with Crippen molar-refractivity contribution in [2.75, 3.05) is 59.3 Å². The van der Waals surface area contributed by atoms with Crippen molar-refractivity contribution in [1.29, 1.82) is 0 Å². The molecule has 0 aromatic heterocycles. The number of likely N-dealkylation sites (N-methyl/N-ethyl adjacent to an activating group) is 1. The van der Waals surface area contributed by atoms with Crippen LogP contribution in [-0.4, -0.2) is 69.7 Å². The van der Waals surface area contributed by atoms with Gasteiger partial charge in [-0.3, -0.25) is 4.79 Å². The quantitative estimate of drug-likeness (QED) is 0.857. The number of ether oxygens (including phenoxy) is 2. The molecule has 1 N–H and O–H groups in total. The summed E-state index contributed by atoms with van der Waals surface area (Å²) in [6.45, 7) is 4.00. The van der Waals surface area contributed by atoms with Crippen LogP contribution in [-0.2, 0) is 4.79 Å². The molecule has 1 aliphatic rings. The predicted molar refractivity (Wildman–Crippen MR) is 91.7 cm³/mol. The summed E-state index contributed by atoms with van der Waals surface area (Å²) in [5.74, 6) is 1.37. The SMILES string of the molecule is COc1cc(NCCC(=O)N2CCN(C)CC2)c(OC)cc1Cl. The zero-order valence-corrected chi connectivity index (χ0v) is 14.7. The van der Waals surface area contributed by atoms with Crippen molar-refractivity contribution in [3.05, 3.63) is 17.2 Å². The van der Waals surface area contributed by atoms with Crippen LogP contribution in [0.3, 0.4) is 0 Å². The maximum atomic E-state index is 12.2. The second-order valence-electron chi connectivity index (χ2n) is 5.55. The normalized spacial score (nSPS) is 15.4. The molecule has 2 rings (SSSR count). The van der Waals surface area contributed by atoms with Gasteiger partial charge in [-0.25, -0.2) is 0 Å². The van der Waals surface area contributed by atoms with Gasteiger partial charge >= 0.3 is 0 Å². The molecule has 0 atom stereocenters. The summed E-state index contributed by atoms with van der Waals surface area (Å²) in [6.07, 6.45) is 0.442. The van der Waals surface area contributed by atoms with E-state index in [1.165, 1.54) is 0 Å². The number of rotatable bonds is 6. The van der Waals surface area contributed by atoms with Crippen molar-refractivity contribution >= 4 is 23.2 Å². The van der Waals surface area contributed by atoms with Crippen molar-refractivity contribution in [2.45, 2.75) is 6.42 Å². The highest BCUT2D eigenvalue weighted by Gasteiger charge is 2.18. The van der Waals surface area contributed by atoms with Crippen molar-refractivity contribution < 1.29 is 14.3 Å². The van der Waals surface area contributed by atoms with Crippen LogP contribution in [0.4, 0.5) is 5.69 Å². The molecule has 0 unspecified atom stereocenters. The third kappa shape index (κ3) is 4.65. The van der Waals surface area contributed by atoms with E-state index >= 15 is 0 Å². The molecule has 0 saturated carbocycles. The van der Waals surface area contributed by atoms with Crippen molar-refractivity contribution in [1.82, 2.24) is 9.80 Å². The highest BCUT2D eigenvalue weighted by molar-refractivity contribution is 6.32. The summed E-state index contributed by atoms with van der Waals surface area (Å²) in [6, 6.07) is 3.48. The second-order valence-corrected chi connectivity index (χ2v) is 5.96. The lowest BCUT2D eigenvalue weighted by Gasteiger charge is -2.32. The van der Waals surface area contributed by atoms with E-state index in [1.807, 2.05) is 4.90 Å². The number of carbonyl (C=O) groups is 1. The first kappa shape index (κ1) is 17.7. The number of halogens is 1. The van der Waals surface area contributed by atoms with E-state index in [-0.39, 0.29) is 5.91 Å². The lowest BCUT2D eigenvalue weighted by Crippen LogP contribution is -2.47. The number of amides is 1. The molecule has 1 fully saturated rings. The van der Waals surface area contributed by atoms with Gasteiger partial charge in [-0.2, -0.15) is 0 Å². The lowest BCUT2D eigenvalue weighted by atomic mass is 10.2. The molecular formula is C16H24ClN3O3. The van der Waals surface area contributed by atoms with Crippen LogP contribution in [0, 0.1) is 0 Å². The monoisotopic (exact) mass is 341 g/mol. The molecule has 1 saturated heterocycles. The van der Waals surface area contributed by atoms with Gasteiger partial charge in [-0.15, -0.1) is 0 Å². The average Bonchev–Trinajstić information content (AvgIpc) is 2.56. The molecular weight excluding hydrogens is 318 g/mol. The highest BCUT2D eigenvalue weighted by atomic mass is 35.5. The molecule has 7 heteroatoms. The molecule has 1 aliphatic heterocycles. The first-order valence-electron chi connectivity index (χ1n) is 7.67. The molecule has 1 heterocycles. The number of benzene rings is 1. The molecule has 0 aliphatic carbocycles. The Morgan fingerprint density at radius 1 is 1.17 bits per heavy atom. The van der Waals surface area contributed by atoms with Gasteiger partial charge < -0.3 is 24.6 Å². The minimum Gasteiger partial charge on any atom is -0.495 e. The Bertz CT molecular complexity index is 546. The summed E-state index contributed by atoms with van der Waals surface area (Å²) < 4.78 is 10.5. The lowest BCUT2D eigenvalue weighted by molar-refractivity contribution is -0.132. The summed E-state index contributed by atoms with van der Waals surface area (Å²) in [4.78, 5) is 16.4. The minimum atomic E-state index is 0.172. The van der Waals surface area contributed by atoms with Crippen molar-refractivity contribution in [3.63, 3.8) is 0 Å². The van der Waals surface area contributed by atoms with Crippen LogP contribution in [0.25, 0.3) is 0 Å². The highest BCUT2D eigenvalue weighted by Crippen LogP contribution is 2.35. The molecule has 1 amide bonds. The Kier molecular flexibility index (Phi) is 6.36. The van der Waals surface area contributed by atoms with E-state index in [0.717, 1.165) is 31.9 Å². The molecule has 1 aromatic carbocycles. The average molecular weight is 342 g/mol. The van der Waals surface area contributed by atoms with E-state index < -0.39 is 0 Å². The van der Waals surface area contributed by atoms with Gasteiger partial charge in [0, 0.05) is 51.3 Å². The fourth-order valence-corrected chi connectivity index (χ4v) is 2.75. The zero-order chi connectivity index (χ0) is 16.8. The number of nitrogens with zero attached hydrogens (tertiary/aromatic N) is 2. The smallest absolute Gasteiger partial charge is 0.224 e. The van der Waals surface area contributed by atoms with Crippen LogP contribution in [0.2, 0.25) is 5.02 Å². The van der Waals surface area contributed by atoms with E-state index in [4.69, 9.17) is 21.1 Å². The maximum Gasteiger partial charge on any atom is 0.224 e. The summed E-state index contributed by atoms with van der Waals surface area (Å²) in [5, 5.41) is 3.71. The van der Waals surface area contributed by atoms with E-state index in [0.29, 0.717) is 29.5 Å². The Morgan fingerprint density at radius 2 is 1.83 bits per heavy atom. The fraction of sp³-hybridized carbons (Fsp3) is 0.562. The molecule has 6 nitrogen and oxygen atoms in total. The van der Waals surface area contributed by atoms with Gasteiger partial charge in [-0.05, 0) is 7.05 Å². The van der Waals surface area contributed by atoms with Crippen LogP contribution in [0.1, 0.15) is 6.42 Å². The number of nitrogens with one attached hydrogen (secondary N) is 1. The number of carbonyl (C=O) groups excluding carboxylic acids is 1. The third-order valence-electron chi connectivity index (χ3n) is 3.98. The van der Waals surface area contributed by atoms with Gasteiger partial charge in [-0.1, -0.05) is 11.6 Å². The fourth-order valence-electron chi connectivity index (χ4n) is 2.52. The number of piperazine rings is 1. The molecule has 128 valence electrons. The number of methoxy groups -OCH3 is 2. The summed E-state index contributed by atoms with van der Waals surface area (Å²) in [5.41, 5.74) is 0.764. The number of hydrogen-bond donors (Lipinski definition) is 1. The first-order valence-corrected chi connectivity index (χ1v) is 8.04. The van der Waals surface area contributed by atoms with E-state index in [1.54, 1.807) is 26.4 Å². The Labute approximate surface area is 142 Å². The molecule has 0 spiro atoms. The van der Waals surface area contributed by atoms with E-state index in [9.17, 15) is 4.79 Å². The van der Waals surface area contributed by atoms with Gasteiger partial charge in [0.1, 0.15) is 11.5 Å². The zero-order valence-electron chi connectivity index (χ0n) is 13.9. The van der Waals surface area contributed by atoms with Crippen molar-refractivity contribution in [2.24, 2.45) is 0 Å². The summed E-state index contributed by atoms with van der Waals surface area (Å²) >= 11 is 6.08. The largest absolute Gasteiger partial charge is 0.495 e. The second kappa shape index (κ2) is 8.26. The van der Waals surface area contributed by atoms with Crippen LogP contribution < -0.4 is 14.8 Å². The molecule has 0 radical (unpaired) electrons. The van der Waals surface area contributed by atoms with Crippen LogP contribution in [0.5, 0.6) is 11.5 Å². The van der Waals surface area contributed by atoms with Gasteiger partial charge in [0.05, 0.1) is 24.9 Å². The number of hydrogen-bond acceptors (Lipinski definition) is 5. The molecule has 1 aromatic rings. The maximum absolute atomic E-state index is 12.2. The Morgan fingerprint density at radius 3 is 2.43 bits per heavy atom. The van der Waals surface area contributed by atoms with Gasteiger partial charge in [0.2, 0.25) is 5.91 Å². The van der Waals surface area contributed by atoms with Crippen molar-refractivity contribution in [3.8, 4) is 11.5 Å². The van der Waals surface area contributed by atoms with Gasteiger partial charge in [0.15, 0.2) is 0 Å². The first-order chi connectivity index (χ1) is 11.0. The van der Waals surface area contributed by atoms with E-state index in [2.05, 4.69) is 17.3 Å². The van der Waals surface area contributed by atoms with Gasteiger partial charge in [0.25, 0.3) is 0 Å². The Balaban J connectivity index is 1.89. The molecule has 23 heavy (non-hydrogen) atoms. The minimum absolute atomic E-state index is 0.172.